The van der Waals surface area contributed by atoms with Crippen LogP contribution in [0, 0.1) is 0 Å². The number of amides is 1. The first-order valence-electron chi connectivity index (χ1n) is 5.90. The lowest BCUT2D eigenvalue weighted by molar-refractivity contribution is -0.140. The van der Waals surface area contributed by atoms with Crippen LogP contribution < -0.4 is 10.1 Å². The highest BCUT2D eigenvalue weighted by Gasteiger charge is 2.21. The molecule has 102 valence electrons. The Morgan fingerprint density at radius 2 is 2.32 bits per heavy atom. The third kappa shape index (κ3) is 3.03. The molecule has 0 aromatic heterocycles. The largest absolute Gasteiger partial charge is 0.493 e. The van der Waals surface area contributed by atoms with Gasteiger partial charge in [-0.2, -0.15) is 0 Å². The summed E-state index contributed by atoms with van der Waals surface area (Å²) in [6.45, 7) is 0.539. The van der Waals surface area contributed by atoms with Crippen LogP contribution in [-0.4, -0.2) is 43.3 Å². The minimum atomic E-state index is -1.13. The van der Waals surface area contributed by atoms with Crippen LogP contribution in [0.3, 0.4) is 0 Å². The van der Waals surface area contributed by atoms with Gasteiger partial charge in [0.2, 0.25) is 0 Å². The van der Waals surface area contributed by atoms with Gasteiger partial charge in [0.05, 0.1) is 13.2 Å². The van der Waals surface area contributed by atoms with Crippen LogP contribution in [-0.2, 0) is 16.0 Å². The third-order valence-corrected chi connectivity index (χ3v) is 2.89. The van der Waals surface area contributed by atoms with Crippen molar-refractivity contribution >= 4 is 11.9 Å². The summed E-state index contributed by atoms with van der Waals surface area (Å²) in [5.74, 6) is -0.776. The van der Waals surface area contributed by atoms with E-state index in [2.05, 4.69) is 5.32 Å². The number of benzene rings is 1. The standard InChI is InChI=1S/C13H15NO5/c1-18-7-10(13(16)17)14-12(15)9-2-3-11-8(6-9)4-5-19-11/h2-3,6,10H,4-5,7H2,1H3,(H,14,15)(H,16,17). The van der Waals surface area contributed by atoms with Crippen LogP contribution in [0.15, 0.2) is 18.2 Å². The molecule has 0 saturated heterocycles. The highest BCUT2D eigenvalue weighted by molar-refractivity contribution is 5.97. The Kier molecular flexibility index (Phi) is 4.01. The highest BCUT2D eigenvalue weighted by atomic mass is 16.5. The summed E-state index contributed by atoms with van der Waals surface area (Å²) in [5.41, 5.74) is 1.39. The molecule has 1 unspecified atom stereocenters. The van der Waals surface area contributed by atoms with Crippen molar-refractivity contribution in [3.63, 3.8) is 0 Å². The van der Waals surface area contributed by atoms with E-state index in [9.17, 15) is 9.59 Å². The van der Waals surface area contributed by atoms with Crippen LogP contribution in [0.2, 0.25) is 0 Å². The molecule has 1 heterocycles. The molecule has 19 heavy (non-hydrogen) atoms. The van der Waals surface area contributed by atoms with Gasteiger partial charge in [0, 0.05) is 19.1 Å². The van der Waals surface area contributed by atoms with Gasteiger partial charge >= 0.3 is 5.97 Å². The summed E-state index contributed by atoms with van der Waals surface area (Å²) in [4.78, 5) is 22.9. The summed E-state index contributed by atoms with van der Waals surface area (Å²) < 4.78 is 10.1. The van der Waals surface area contributed by atoms with E-state index < -0.39 is 17.9 Å². The molecule has 6 nitrogen and oxygen atoms in total. The highest BCUT2D eigenvalue weighted by Crippen LogP contribution is 2.25. The number of hydrogen-bond acceptors (Lipinski definition) is 4. The molecule has 1 aliphatic rings. The lowest BCUT2D eigenvalue weighted by atomic mass is 10.1. The number of carboxylic acids is 1. The molecule has 0 radical (unpaired) electrons. The van der Waals surface area contributed by atoms with Crippen molar-refractivity contribution in [2.75, 3.05) is 20.3 Å². The summed E-state index contributed by atoms with van der Waals surface area (Å²) in [6.07, 6.45) is 0.761. The smallest absolute Gasteiger partial charge is 0.328 e. The maximum absolute atomic E-state index is 12.0. The van der Waals surface area contributed by atoms with E-state index in [0.717, 1.165) is 17.7 Å². The van der Waals surface area contributed by atoms with Gasteiger partial charge in [-0.3, -0.25) is 4.79 Å². The predicted molar refractivity (Wildman–Crippen MR) is 66.4 cm³/mol. The molecule has 0 saturated carbocycles. The summed E-state index contributed by atoms with van der Waals surface area (Å²) in [6, 6.07) is 4.01. The molecule has 1 aromatic carbocycles. The average molecular weight is 265 g/mol. The van der Waals surface area contributed by atoms with Crippen LogP contribution in [0.1, 0.15) is 15.9 Å². The second-order valence-corrected chi connectivity index (χ2v) is 4.24. The van der Waals surface area contributed by atoms with Crippen molar-refractivity contribution in [3.8, 4) is 5.75 Å². The Balaban J connectivity index is 2.09. The average Bonchev–Trinajstić information content (AvgIpc) is 2.85. The maximum Gasteiger partial charge on any atom is 0.328 e. The molecule has 2 N–H and O–H groups in total. The second kappa shape index (κ2) is 5.71. The van der Waals surface area contributed by atoms with Crippen molar-refractivity contribution in [3.05, 3.63) is 29.3 Å². The Morgan fingerprint density at radius 1 is 1.53 bits per heavy atom. The fourth-order valence-electron chi connectivity index (χ4n) is 1.91. The van der Waals surface area contributed by atoms with E-state index >= 15 is 0 Å². The van der Waals surface area contributed by atoms with Crippen molar-refractivity contribution in [1.82, 2.24) is 5.32 Å². The van der Waals surface area contributed by atoms with E-state index in [4.69, 9.17) is 14.6 Å². The zero-order chi connectivity index (χ0) is 13.8. The first kappa shape index (κ1) is 13.4. The van der Waals surface area contributed by atoms with Gasteiger partial charge in [-0.15, -0.1) is 0 Å². The molecule has 1 amide bonds. The number of carbonyl (C=O) groups is 2. The molecule has 2 rings (SSSR count). The number of hydrogen-bond donors (Lipinski definition) is 2. The van der Waals surface area contributed by atoms with Gasteiger partial charge < -0.3 is 19.9 Å². The van der Waals surface area contributed by atoms with Gasteiger partial charge in [-0.25, -0.2) is 4.79 Å². The van der Waals surface area contributed by atoms with Crippen molar-refractivity contribution in [1.29, 1.82) is 0 Å². The lowest BCUT2D eigenvalue weighted by Gasteiger charge is -2.13. The van der Waals surface area contributed by atoms with E-state index in [1.807, 2.05) is 0 Å². The summed E-state index contributed by atoms with van der Waals surface area (Å²) in [7, 11) is 1.38. The minimum Gasteiger partial charge on any atom is -0.493 e. The summed E-state index contributed by atoms with van der Waals surface area (Å²) >= 11 is 0. The molecule has 6 heteroatoms. The topological polar surface area (TPSA) is 84.9 Å². The van der Waals surface area contributed by atoms with Crippen molar-refractivity contribution in [2.24, 2.45) is 0 Å². The number of methoxy groups -OCH3 is 1. The zero-order valence-electron chi connectivity index (χ0n) is 10.5. The van der Waals surface area contributed by atoms with Crippen molar-refractivity contribution in [2.45, 2.75) is 12.5 Å². The van der Waals surface area contributed by atoms with E-state index in [1.165, 1.54) is 7.11 Å². The Labute approximate surface area is 110 Å². The predicted octanol–water partition coefficient (Wildman–Crippen LogP) is 0.451. The number of rotatable bonds is 5. The van der Waals surface area contributed by atoms with E-state index in [1.54, 1.807) is 18.2 Å². The minimum absolute atomic E-state index is 0.0743. The van der Waals surface area contributed by atoms with Crippen molar-refractivity contribution < 1.29 is 24.2 Å². The van der Waals surface area contributed by atoms with Gasteiger partial charge in [0.1, 0.15) is 5.75 Å². The van der Waals surface area contributed by atoms with E-state index in [-0.39, 0.29) is 6.61 Å². The number of aliphatic carboxylic acids is 1. The SMILES string of the molecule is COCC(NC(=O)c1ccc2c(c1)CCO2)C(=O)O. The number of fused-ring (bicyclic) bond motifs is 1. The maximum atomic E-state index is 12.0. The first-order valence-corrected chi connectivity index (χ1v) is 5.90. The van der Waals surface area contributed by atoms with Gasteiger partial charge in [-0.1, -0.05) is 0 Å². The molecule has 1 atom stereocenters. The molecule has 0 spiro atoms. The van der Waals surface area contributed by atoms with Crippen LogP contribution >= 0.6 is 0 Å². The monoisotopic (exact) mass is 265 g/mol. The number of ether oxygens (including phenoxy) is 2. The molecule has 1 aliphatic heterocycles. The molecular weight excluding hydrogens is 250 g/mol. The Hall–Kier alpha value is -2.08. The van der Waals surface area contributed by atoms with Gasteiger partial charge in [-0.05, 0) is 23.8 Å². The molecule has 0 bridgehead atoms. The fraction of sp³-hybridized carbons (Fsp3) is 0.385. The number of nitrogens with one attached hydrogen (secondary N) is 1. The van der Waals surface area contributed by atoms with E-state index in [0.29, 0.717) is 12.2 Å². The van der Waals surface area contributed by atoms with Gasteiger partial charge in [0.15, 0.2) is 6.04 Å². The fourth-order valence-corrected chi connectivity index (χ4v) is 1.91. The number of carboxylic acid groups (broad SMARTS) is 1. The Morgan fingerprint density at radius 3 is 3.00 bits per heavy atom. The van der Waals surface area contributed by atoms with Gasteiger partial charge in [0.25, 0.3) is 5.91 Å². The first-order chi connectivity index (χ1) is 9.11. The molecule has 1 aromatic rings. The molecular formula is C13H15NO5. The molecule has 0 aliphatic carbocycles. The normalized spacial score (nSPS) is 14.4. The van der Waals surface area contributed by atoms with Crippen LogP contribution in [0.25, 0.3) is 0 Å². The lowest BCUT2D eigenvalue weighted by Crippen LogP contribution is -2.43. The second-order valence-electron chi connectivity index (χ2n) is 4.24. The third-order valence-electron chi connectivity index (χ3n) is 2.89. The quantitative estimate of drug-likeness (QED) is 0.807. The summed E-state index contributed by atoms with van der Waals surface area (Å²) in [5, 5.41) is 11.4. The number of carbonyl (C=O) groups excluding carboxylic acids is 1. The Bertz CT molecular complexity index is 500. The molecule has 0 fully saturated rings. The van der Waals surface area contributed by atoms with Crippen LogP contribution in [0.5, 0.6) is 5.75 Å². The van der Waals surface area contributed by atoms with Crippen LogP contribution in [0.4, 0.5) is 0 Å². The zero-order valence-corrected chi connectivity index (χ0v) is 10.5.